The Bertz CT molecular complexity index is 1200. The van der Waals surface area contributed by atoms with Crippen molar-refractivity contribution in [3.8, 4) is 5.69 Å². The molecule has 1 heterocycles. The van der Waals surface area contributed by atoms with E-state index in [1.54, 1.807) is 27.4 Å². The standard InChI is InChI=1S/C28H36ClN5O2S/c1-6-7-10-17-33(27(36)30-20-13-15-21(37-5)16-14-20)19-26(35)31-25-18-24(28(2,3)4)32-34(25)23-12-9-8-11-22(23)29/h8-9,11-16,18H,6-7,10,17,19H2,1-5H3,(H,30,36)(H,31,35). The lowest BCUT2D eigenvalue weighted by Crippen LogP contribution is -2.41. The van der Waals surface area contributed by atoms with Gasteiger partial charge in [-0.2, -0.15) is 5.10 Å². The molecule has 3 amide bonds. The Hall–Kier alpha value is -2.97. The fourth-order valence-electron chi connectivity index (χ4n) is 3.68. The first-order chi connectivity index (χ1) is 17.6. The fourth-order valence-corrected chi connectivity index (χ4v) is 4.31. The van der Waals surface area contributed by atoms with E-state index in [2.05, 4.69) is 38.3 Å². The van der Waals surface area contributed by atoms with Gasteiger partial charge in [0, 0.05) is 28.6 Å². The number of carbonyl (C=O) groups is 2. The lowest BCUT2D eigenvalue weighted by molar-refractivity contribution is -0.116. The molecule has 0 fully saturated rings. The highest BCUT2D eigenvalue weighted by molar-refractivity contribution is 7.98. The number of rotatable bonds is 10. The average Bonchev–Trinajstić information content (AvgIpc) is 3.28. The van der Waals surface area contributed by atoms with Crippen molar-refractivity contribution in [1.29, 1.82) is 0 Å². The minimum Gasteiger partial charge on any atom is -0.315 e. The Morgan fingerprint density at radius 1 is 1.05 bits per heavy atom. The summed E-state index contributed by atoms with van der Waals surface area (Å²) in [4.78, 5) is 29.0. The van der Waals surface area contributed by atoms with Gasteiger partial charge >= 0.3 is 6.03 Å². The van der Waals surface area contributed by atoms with E-state index in [0.717, 1.165) is 29.9 Å². The molecule has 0 radical (unpaired) electrons. The van der Waals surface area contributed by atoms with Crippen molar-refractivity contribution >= 4 is 46.8 Å². The third kappa shape index (κ3) is 8.01. The number of unbranched alkanes of at least 4 members (excludes halogenated alkanes) is 2. The zero-order valence-electron chi connectivity index (χ0n) is 22.2. The van der Waals surface area contributed by atoms with Crippen LogP contribution in [0.1, 0.15) is 52.7 Å². The number of benzene rings is 2. The zero-order valence-corrected chi connectivity index (χ0v) is 23.7. The highest BCUT2D eigenvalue weighted by Crippen LogP contribution is 2.29. The molecule has 198 valence electrons. The van der Waals surface area contributed by atoms with Gasteiger partial charge in [-0.25, -0.2) is 9.48 Å². The highest BCUT2D eigenvalue weighted by atomic mass is 35.5. The molecule has 3 aromatic rings. The number of nitrogens with zero attached hydrogens (tertiary/aromatic N) is 3. The van der Waals surface area contributed by atoms with Gasteiger partial charge in [0.15, 0.2) is 0 Å². The van der Waals surface area contributed by atoms with E-state index >= 15 is 0 Å². The summed E-state index contributed by atoms with van der Waals surface area (Å²) in [6.45, 7) is 8.67. The maximum atomic E-state index is 13.2. The Morgan fingerprint density at radius 3 is 2.38 bits per heavy atom. The molecule has 0 aliphatic carbocycles. The third-order valence-electron chi connectivity index (χ3n) is 5.82. The maximum Gasteiger partial charge on any atom is 0.322 e. The topological polar surface area (TPSA) is 79.3 Å². The first-order valence-electron chi connectivity index (χ1n) is 12.5. The van der Waals surface area contributed by atoms with Crippen LogP contribution in [0.25, 0.3) is 5.69 Å². The Kier molecular flexibility index (Phi) is 10.1. The van der Waals surface area contributed by atoms with Crippen molar-refractivity contribution in [2.75, 3.05) is 30.0 Å². The molecular formula is C28H36ClN5O2S. The molecule has 0 saturated heterocycles. The van der Waals surface area contributed by atoms with E-state index < -0.39 is 0 Å². The van der Waals surface area contributed by atoms with Gasteiger partial charge in [0.2, 0.25) is 5.91 Å². The summed E-state index contributed by atoms with van der Waals surface area (Å²) in [5, 5.41) is 11.1. The fraction of sp³-hybridized carbons (Fsp3) is 0.393. The van der Waals surface area contributed by atoms with Gasteiger partial charge in [0.25, 0.3) is 0 Å². The Morgan fingerprint density at radius 2 is 1.76 bits per heavy atom. The Labute approximate surface area is 229 Å². The number of hydrogen-bond acceptors (Lipinski definition) is 4. The summed E-state index contributed by atoms with van der Waals surface area (Å²) in [5.74, 6) is 0.197. The van der Waals surface area contributed by atoms with E-state index in [9.17, 15) is 9.59 Å². The lowest BCUT2D eigenvalue weighted by atomic mass is 9.92. The first kappa shape index (κ1) is 28.6. The second-order valence-corrected chi connectivity index (χ2v) is 11.2. The molecule has 1 aromatic heterocycles. The van der Waals surface area contributed by atoms with Crippen molar-refractivity contribution in [1.82, 2.24) is 14.7 Å². The summed E-state index contributed by atoms with van der Waals surface area (Å²) >= 11 is 8.09. The normalized spacial score (nSPS) is 11.3. The molecular weight excluding hydrogens is 506 g/mol. The van der Waals surface area contributed by atoms with Crippen LogP contribution in [0.2, 0.25) is 5.02 Å². The summed E-state index contributed by atoms with van der Waals surface area (Å²) in [5.41, 5.74) is 1.94. The molecule has 7 nitrogen and oxygen atoms in total. The van der Waals surface area contributed by atoms with Crippen LogP contribution in [0.4, 0.5) is 16.3 Å². The molecule has 0 atom stereocenters. The molecule has 2 N–H and O–H groups in total. The molecule has 0 bridgehead atoms. The minimum atomic E-state index is -0.307. The van der Waals surface area contributed by atoms with Crippen LogP contribution < -0.4 is 10.6 Å². The number of urea groups is 1. The summed E-state index contributed by atoms with van der Waals surface area (Å²) in [6.07, 6.45) is 4.81. The molecule has 0 spiro atoms. The van der Waals surface area contributed by atoms with Gasteiger partial charge in [0.05, 0.1) is 16.4 Å². The molecule has 0 aliphatic rings. The molecule has 3 rings (SSSR count). The van der Waals surface area contributed by atoms with Crippen molar-refractivity contribution in [2.45, 2.75) is 57.3 Å². The largest absolute Gasteiger partial charge is 0.322 e. The molecule has 0 unspecified atom stereocenters. The SMILES string of the molecule is CCCCCN(CC(=O)Nc1cc(C(C)(C)C)nn1-c1ccccc1Cl)C(=O)Nc1ccc(SC)cc1. The lowest BCUT2D eigenvalue weighted by Gasteiger charge is -2.23. The monoisotopic (exact) mass is 541 g/mol. The molecule has 2 aromatic carbocycles. The molecule has 9 heteroatoms. The quantitative estimate of drug-likeness (QED) is 0.210. The predicted octanol–water partition coefficient (Wildman–Crippen LogP) is 7.21. The second kappa shape index (κ2) is 13.0. The average molecular weight is 542 g/mol. The number of amides is 3. The van der Waals surface area contributed by atoms with Gasteiger partial charge in [-0.15, -0.1) is 11.8 Å². The maximum absolute atomic E-state index is 13.2. The van der Waals surface area contributed by atoms with E-state index in [1.807, 2.05) is 54.8 Å². The van der Waals surface area contributed by atoms with Gasteiger partial charge in [-0.3, -0.25) is 4.79 Å². The van der Waals surface area contributed by atoms with Gasteiger partial charge in [0.1, 0.15) is 12.4 Å². The van der Waals surface area contributed by atoms with Gasteiger partial charge < -0.3 is 15.5 Å². The summed E-state index contributed by atoms with van der Waals surface area (Å²) in [7, 11) is 0. The van der Waals surface area contributed by atoms with Crippen LogP contribution in [-0.2, 0) is 10.2 Å². The number of nitrogens with one attached hydrogen (secondary N) is 2. The van der Waals surface area contributed by atoms with Crippen molar-refractivity contribution in [2.24, 2.45) is 0 Å². The smallest absolute Gasteiger partial charge is 0.315 e. The number of thioether (sulfide) groups is 1. The van der Waals surface area contributed by atoms with E-state index in [1.165, 1.54) is 0 Å². The van der Waals surface area contributed by atoms with E-state index in [-0.39, 0.29) is 23.9 Å². The number of hydrogen-bond donors (Lipinski definition) is 2. The van der Waals surface area contributed by atoms with E-state index in [0.29, 0.717) is 28.8 Å². The second-order valence-electron chi connectivity index (χ2n) is 9.86. The molecule has 0 aliphatic heterocycles. The van der Waals surface area contributed by atoms with Crippen LogP contribution in [0, 0.1) is 0 Å². The van der Waals surface area contributed by atoms with E-state index in [4.69, 9.17) is 16.7 Å². The molecule has 37 heavy (non-hydrogen) atoms. The number of para-hydroxylation sites is 1. The van der Waals surface area contributed by atoms with Gasteiger partial charge in [-0.1, -0.05) is 64.3 Å². The van der Waals surface area contributed by atoms with Crippen LogP contribution in [0.15, 0.2) is 59.5 Å². The number of halogens is 1. The number of anilines is 2. The van der Waals surface area contributed by atoms with Crippen LogP contribution in [0.5, 0.6) is 0 Å². The van der Waals surface area contributed by atoms with Crippen molar-refractivity contribution in [3.63, 3.8) is 0 Å². The highest BCUT2D eigenvalue weighted by Gasteiger charge is 2.24. The third-order valence-corrected chi connectivity index (χ3v) is 6.88. The van der Waals surface area contributed by atoms with Crippen LogP contribution >= 0.6 is 23.4 Å². The van der Waals surface area contributed by atoms with Crippen molar-refractivity contribution in [3.05, 3.63) is 65.3 Å². The predicted molar refractivity (Wildman–Crippen MR) is 154 cm³/mol. The van der Waals surface area contributed by atoms with Gasteiger partial charge in [-0.05, 0) is 49.1 Å². The van der Waals surface area contributed by atoms with Crippen LogP contribution in [0.3, 0.4) is 0 Å². The van der Waals surface area contributed by atoms with Crippen molar-refractivity contribution < 1.29 is 9.59 Å². The summed E-state index contributed by atoms with van der Waals surface area (Å²) in [6, 6.07) is 16.5. The molecule has 0 saturated carbocycles. The first-order valence-corrected chi connectivity index (χ1v) is 14.1. The number of aromatic nitrogens is 2. The zero-order chi connectivity index (χ0) is 27.0. The minimum absolute atomic E-state index is 0.0863. The Balaban J connectivity index is 1.80. The summed E-state index contributed by atoms with van der Waals surface area (Å²) < 4.78 is 1.65. The van der Waals surface area contributed by atoms with Crippen LogP contribution in [-0.4, -0.2) is 46.0 Å². The number of carbonyl (C=O) groups excluding carboxylic acids is 2.